The summed E-state index contributed by atoms with van der Waals surface area (Å²) >= 11 is 0. The normalized spacial score (nSPS) is 15.9. The van der Waals surface area contributed by atoms with Gasteiger partial charge in [0.2, 0.25) is 17.5 Å². The van der Waals surface area contributed by atoms with Gasteiger partial charge in [-0.2, -0.15) is 4.39 Å². The number of nitrogens with two attached hydrogens (primary N) is 1. The first-order valence-corrected chi connectivity index (χ1v) is 10.0. The number of imidazole rings is 1. The largest absolute Gasteiger partial charge is 0.479 e. The Kier molecular flexibility index (Phi) is 6.02. The van der Waals surface area contributed by atoms with E-state index in [9.17, 15) is 13.6 Å². The molecule has 1 fully saturated rings. The lowest BCUT2D eigenvalue weighted by molar-refractivity contribution is 0.0698. The van der Waals surface area contributed by atoms with E-state index in [-0.39, 0.29) is 41.2 Å². The van der Waals surface area contributed by atoms with Crippen LogP contribution in [0.5, 0.6) is 5.88 Å². The number of ether oxygens (including phenoxy) is 1. The van der Waals surface area contributed by atoms with Gasteiger partial charge in [-0.3, -0.25) is 9.36 Å². The molecule has 4 rings (SSSR count). The zero-order valence-electron chi connectivity index (χ0n) is 17.6. The first-order chi connectivity index (χ1) is 15.8. The smallest absolute Gasteiger partial charge is 0.277 e. The molecular formula is C22H19F3N6O2. The molecule has 170 valence electrons. The Balaban J connectivity index is 1.88. The lowest BCUT2D eigenvalue weighted by atomic mass is 10.1. The minimum Gasteiger partial charge on any atom is -0.479 e. The van der Waals surface area contributed by atoms with Crippen molar-refractivity contribution in [3.63, 3.8) is 0 Å². The van der Waals surface area contributed by atoms with E-state index in [1.165, 1.54) is 24.1 Å². The maximum atomic E-state index is 15.6. The number of pyridine rings is 1. The second kappa shape index (κ2) is 8.91. The molecule has 0 unspecified atom stereocenters. The van der Waals surface area contributed by atoms with Crippen LogP contribution in [0, 0.1) is 24.2 Å². The number of hydrogen-bond donors (Lipinski definition) is 1. The van der Waals surface area contributed by atoms with Gasteiger partial charge in [0, 0.05) is 30.8 Å². The summed E-state index contributed by atoms with van der Waals surface area (Å²) in [6.45, 7) is 7.64. The summed E-state index contributed by atoms with van der Waals surface area (Å²) in [5, 5.41) is 0. The Morgan fingerprint density at radius 3 is 2.70 bits per heavy atom. The molecule has 2 aromatic heterocycles. The first-order valence-electron chi connectivity index (χ1n) is 10.0. The highest BCUT2D eigenvalue weighted by molar-refractivity contribution is 5.93. The van der Waals surface area contributed by atoms with Crippen molar-refractivity contribution in [3.05, 3.63) is 65.2 Å². The zero-order valence-corrected chi connectivity index (χ0v) is 17.6. The zero-order chi connectivity index (χ0) is 23.7. The van der Waals surface area contributed by atoms with Crippen molar-refractivity contribution in [1.29, 1.82) is 0 Å². The minimum absolute atomic E-state index is 0.0858. The van der Waals surface area contributed by atoms with Crippen molar-refractivity contribution in [1.82, 2.24) is 19.4 Å². The van der Waals surface area contributed by atoms with Gasteiger partial charge < -0.3 is 15.4 Å². The number of benzene rings is 1. The van der Waals surface area contributed by atoms with Crippen molar-refractivity contribution >= 4 is 11.6 Å². The molecule has 1 amide bonds. The van der Waals surface area contributed by atoms with Crippen molar-refractivity contribution in [2.75, 3.05) is 20.2 Å². The Labute approximate surface area is 187 Å². The number of rotatable bonds is 4. The molecule has 33 heavy (non-hydrogen) atoms. The number of carbonyl (C=O) groups is 1. The molecule has 1 saturated heterocycles. The van der Waals surface area contributed by atoms with Crippen LogP contribution < -0.4 is 10.5 Å². The quantitative estimate of drug-likeness (QED) is 0.607. The van der Waals surface area contributed by atoms with Crippen molar-refractivity contribution in [3.8, 4) is 23.0 Å². The van der Waals surface area contributed by atoms with Gasteiger partial charge in [0.05, 0.1) is 25.6 Å². The SMILES string of the molecule is [C-]#[N+]c1ccc(-c2nc(C(=O)N3CCC[C@H](N)C3)c(F)n2-c2cnc(OC)c(F)c2)cc1F. The van der Waals surface area contributed by atoms with E-state index >= 15 is 4.39 Å². The Bertz CT molecular complexity index is 1270. The van der Waals surface area contributed by atoms with E-state index in [1.54, 1.807) is 0 Å². The molecular weight excluding hydrogens is 437 g/mol. The fraction of sp³-hybridized carbons (Fsp3) is 0.273. The number of aromatic nitrogens is 3. The highest BCUT2D eigenvalue weighted by Crippen LogP contribution is 2.31. The maximum absolute atomic E-state index is 15.6. The third-order valence-corrected chi connectivity index (χ3v) is 5.34. The summed E-state index contributed by atoms with van der Waals surface area (Å²) in [5.41, 5.74) is 5.21. The fourth-order valence-corrected chi connectivity index (χ4v) is 3.73. The van der Waals surface area contributed by atoms with Crippen LogP contribution in [0.1, 0.15) is 23.3 Å². The molecule has 8 nitrogen and oxygen atoms in total. The molecule has 0 saturated carbocycles. The standard InChI is InChI=1S/C22H19F3N6O2/c1-27-17-6-5-12(8-15(17)23)20-29-18(22(32)30-7-3-4-13(26)11-30)19(25)31(20)14-9-16(24)21(33-2)28-10-14/h5-6,8-10,13H,3-4,7,11,26H2,2H3/t13-/m0/s1. The highest BCUT2D eigenvalue weighted by atomic mass is 19.1. The Morgan fingerprint density at radius 2 is 2.06 bits per heavy atom. The van der Waals surface area contributed by atoms with Crippen LogP contribution in [0.3, 0.4) is 0 Å². The number of nitrogens with zero attached hydrogens (tertiary/aromatic N) is 5. The molecule has 3 heterocycles. The molecule has 11 heteroatoms. The van der Waals surface area contributed by atoms with Gasteiger partial charge in [-0.05, 0) is 18.9 Å². The van der Waals surface area contributed by atoms with Crippen LogP contribution in [0.25, 0.3) is 21.9 Å². The van der Waals surface area contributed by atoms with Gasteiger partial charge in [-0.15, -0.1) is 0 Å². The number of likely N-dealkylation sites (tertiary alicyclic amines) is 1. The number of hydrogen-bond acceptors (Lipinski definition) is 5. The number of amides is 1. The second-order valence-electron chi connectivity index (χ2n) is 7.53. The molecule has 1 aliphatic heterocycles. The van der Waals surface area contributed by atoms with Crippen LogP contribution in [-0.4, -0.2) is 51.6 Å². The summed E-state index contributed by atoms with van der Waals surface area (Å²) in [6, 6.07) is 4.32. The Morgan fingerprint density at radius 1 is 1.27 bits per heavy atom. The lowest BCUT2D eigenvalue weighted by Gasteiger charge is -2.30. The molecule has 0 bridgehead atoms. The summed E-state index contributed by atoms with van der Waals surface area (Å²) in [5.74, 6) is -3.89. The highest BCUT2D eigenvalue weighted by Gasteiger charge is 2.30. The second-order valence-corrected chi connectivity index (χ2v) is 7.53. The number of piperidine rings is 1. The van der Waals surface area contributed by atoms with E-state index in [2.05, 4.69) is 14.8 Å². The van der Waals surface area contributed by atoms with Crippen LogP contribution in [-0.2, 0) is 0 Å². The fourth-order valence-electron chi connectivity index (χ4n) is 3.73. The molecule has 0 spiro atoms. The van der Waals surface area contributed by atoms with Gasteiger partial charge in [-0.1, -0.05) is 12.1 Å². The summed E-state index contributed by atoms with van der Waals surface area (Å²) < 4.78 is 49.9. The average molecular weight is 456 g/mol. The van der Waals surface area contributed by atoms with Crippen LogP contribution in [0.4, 0.5) is 18.9 Å². The molecule has 1 aromatic carbocycles. The molecule has 1 aliphatic rings. The van der Waals surface area contributed by atoms with E-state index in [0.29, 0.717) is 13.0 Å². The average Bonchev–Trinajstić information content (AvgIpc) is 3.15. The topological polar surface area (TPSA) is 90.6 Å². The van der Waals surface area contributed by atoms with Crippen molar-refractivity contribution in [2.24, 2.45) is 5.73 Å². The monoisotopic (exact) mass is 456 g/mol. The number of methoxy groups -OCH3 is 1. The number of halogens is 3. The third-order valence-electron chi connectivity index (χ3n) is 5.34. The third kappa shape index (κ3) is 4.12. The van der Waals surface area contributed by atoms with Crippen molar-refractivity contribution in [2.45, 2.75) is 18.9 Å². The summed E-state index contributed by atoms with van der Waals surface area (Å²) in [7, 11) is 1.23. The summed E-state index contributed by atoms with van der Waals surface area (Å²) in [6.07, 6.45) is 2.56. The Hall–Kier alpha value is -3.91. The summed E-state index contributed by atoms with van der Waals surface area (Å²) in [4.78, 5) is 25.5. The lowest BCUT2D eigenvalue weighted by Crippen LogP contribution is -2.46. The van der Waals surface area contributed by atoms with E-state index in [0.717, 1.165) is 29.3 Å². The molecule has 3 aromatic rings. The van der Waals surface area contributed by atoms with Gasteiger partial charge >= 0.3 is 0 Å². The number of carbonyl (C=O) groups excluding carboxylic acids is 1. The van der Waals surface area contributed by atoms with Crippen LogP contribution >= 0.6 is 0 Å². The van der Waals surface area contributed by atoms with E-state index in [1.807, 2.05) is 0 Å². The predicted octanol–water partition coefficient (Wildman–Crippen LogP) is 3.47. The molecule has 0 aliphatic carbocycles. The van der Waals surface area contributed by atoms with Gasteiger partial charge in [-0.25, -0.2) is 23.6 Å². The van der Waals surface area contributed by atoms with E-state index in [4.69, 9.17) is 17.0 Å². The molecule has 1 atom stereocenters. The minimum atomic E-state index is -1.06. The maximum Gasteiger partial charge on any atom is 0.277 e. The van der Waals surface area contributed by atoms with E-state index < -0.39 is 29.2 Å². The predicted molar refractivity (Wildman–Crippen MR) is 113 cm³/mol. The first kappa shape index (κ1) is 22.3. The molecule has 2 N–H and O–H groups in total. The van der Waals surface area contributed by atoms with Gasteiger partial charge in [0.25, 0.3) is 5.91 Å². The van der Waals surface area contributed by atoms with Crippen molar-refractivity contribution < 1.29 is 22.7 Å². The van der Waals surface area contributed by atoms with Crippen LogP contribution in [0.15, 0.2) is 30.5 Å². The molecule has 0 radical (unpaired) electrons. The van der Waals surface area contributed by atoms with Crippen LogP contribution in [0.2, 0.25) is 0 Å². The van der Waals surface area contributed by atoms with Gasteiger partial charge in [0.1, 0.15) is 11.6 Å². The van der Waals surface area contributed by atoms with Gasteiger partial charge in [0.15, 0.2) is 11.5 Å².